The van der Waals surface area contributed by atoms with Crippen molar-refractivity contribution in [3.8, 4) is 23.3 Å². The number of nitrogens with zero attached hydrogens (tertiary/aromatic N) is 5. The zero-order valence-corrected chi connectivity index (χ0v) is 15.3. The molecule has 0 fully saturated rings. The van der Waals surface area contributed by atoms with Crippen LogP contribution in [0.5, 0.6) is 5.88 Å². The molecule has 0 radical (unpaired) electrons. The van der Waals surface area contributed by atoms with Crippen molar-refractivity contribution >= 4 is 0 Å². The number of halogens is 3. The van der Waals surface area contributed by atoms with Gasteiger partial charge in [0.1, 0.15) is 6.07 Å². The van der Waals surface area contributed by atoms with Gasteiger partial charge >= 0.3 is 6.18 Å². The molecule has 1 aromatic carbocycles. The zero-order chi connectivity index (χ0) is 20.5. The average molecular weight is 387 g/mol. The van der Waals surface area contributed by atoms with Gasteiger partial charge in [0.05, 0.1) is 11.1 Å². The predicted octanol–water partition coefficient (Wildman–Crippen LogP) is 4.08. The van der Waals surface area contributed by atoms with E-state index in [1.807, 2.05) is 6.07 Å². The van der Waals surface area contributed by atoms with E-state index in [0.717, 1.165) is 6.07 Å². The Morgan fingerprint density at radius 3 is 2.39 bits per heavy atom. The number of hydrogen-bond donors (Lipinski definition) is 0. The van der Waals surface area contributed by atoms with Crippen LogP contribution < -0.4 is 4.74 Å². The lowest BCUT2D eigenvalue weighted by Gasteiger charge is -2.24. The molecule has 9 heteroatoms. The first-order valence-corrected chi connectivity index (χ1v) is 8.25. The van der Waals surface area contributed by atoms with E-state index >= 15 is 0 Å². The summed E-state index contributed by atoms with van der Waals surface area (Å²) in [5, 5.41) is 16.9. The first-order chi connectivity index (χ1) is 13.1. The maximum absolute atomic E-state index is 13.3. The molecule has 0 bridgehead atoms. The van der Waals surface area contributed by atoms with Crippen molar-refractivity contribution in [1.29, 1.82) is 5.26 Å². The van der Waals surface area contributed by atoms with Gasteiger partial charge in [-0.05, 0) is 26.0 Å². The van der Waals surface area contributed by atoms with Crippen LogP contribution in [0.2, 0.25) is 0 Å². The highest BCUT2D eigenvalue weighted by atomic mass is 19.4. The molecular formula is C19H16F3N5O. The van der Waals surface area contributed by atoms with Gasteiger partial charge in [-0.25, -0.2) is 4.98 Å². The van der Waals surface area contributed by atoms with E-state index < -0.39 is 17.3 Å². The van der Waals surface area contributed by atoms with Gasteiger partial charge in [0, 0.05) is 24.9 Å². The van der Waals surface area contributed by atoms with Crippen LogP contribution in [0.1, 0.15) is 30.8 Å². The highest BCUT2D eigenvalue weighted by Gasteiger charge is 2.36. The molecule has 6 nitrogen and oxygen atoms in total. The number of ether oxygens (including phenoxy) is 1. The fourth-order valence-electron chi connectivity index (χ4n) is 2.83. The molecule has 0 N–H and O–H groups in total. The third-order valence-corrected chi connectivity index (χ3v) is 4.11. The van der Waals surface area contributed by atoms with Gasteiger partial charge in [0.15, 0.2) is 17.2 Å². The SMILES string of the molecule is Cn1c(-c2ccccc2C(F)(F)F)nnc1C(C)(C)Oc1ccc(C#N)cn1. The van der Waals surface area contributed by atoms with Crippen LogP contribution in [0.25, 0.3) is 11.4 Å². The Hall–Kier alpha value is -3.41. The van der Waals surface area contributed by atoms with E-state index in [1.54, 1.807) is 27.0 Å². The van der Waals surface area contributed by atoms with Gasteiger partial charge < -0.3 is 9.30 Å². The van der Waals surface area contributed by atoms with Crippen molar-refractivity contribution in [3.63, 3.8) is 0 Å². The molecule has 3 aromatic rings. The molecular weight excluding hydrogens is 371 g/mol. The fraction of sp³-hybridized carbons (Fsp3) is 0.263. The molecule has 0 aliphatic carbocycles. The van der Waals surface area contributed by atoms with Gasteiger partial charge in [-0.15, -0.1) is 10.2 Å². The monoisotopic (exact) mass is 387 g/mol. The van der Waals surface area contributed by atoms with E-state index in [4.69, 9.17) is 10.00 Å². The lowest BCUT2D eigenvalue weighted by atomic mass is 10.1. The quantitative estimate of drug-likeness (QED) is 0.674. The molecule has 0 saturated heterocycles. The van der Waals surface area contributed by atoms with Gasteiger partial charge in [-0.2, -0.15) is 18.4 Å². The predicted molar refractivity (Wildman–Crippen MR) is 94.0 cm³/mol. The number of rotatable bonds is 4. The minimum atomic E-state index is -4.51. The molecule has 0 spiro atoms. The molecule has 2 heterocycles. The Morgan fingerprint density at radius 1 is 1.07 bits per heavy atom. The van der Waals surface area contributed by atoms with E-state index in [-0.39, 0.29) is 17.3 Å². The fourth-order valence-corrected chi connectivity index (χ4v) is 2.83. The third-order valence-electron chi connectivity index (χ3n) is 4.11. The maximum Gasteiger partial charge on any atom is 0.417 e. The first-order valence-electron chi connectivity index (χ1n) is 8.25. The normalized spacial score (nSPS) is 11.9. The van der Waals surface area contributed by atoms with E-state index in [0.29, 0.717) is 11.4 Å². The molecule has 0 saturated carbocycles. The number of aromatic nitrogens is 4. The molecule has 28 heavy (non-hydrogen) atoms. The standard InChI is InChI=1S/C19H16F3N5O/c1-18(2,28-15-9-8-12(10-23)11-24-15)17-26-25-16(27(17)3)13-6-4-5-7-14(13)19(20,21)22/h4-9,11H,1-3H3. The molecule has 2 aromatic heterocycles. The molecule has 0 aliphatic heterocycles. The van der Waals surface area contributed by atoms with Gasteiger partial charge in [0.25, 0.3) is 0 Å². The molecule has 144 valence electrons. The van der Waals surface area contributed by atoms with Crippen LogP contribution in [-0.4, -0.2) is 19.7 Å². The number of hydrogen-bond acceptors (Lipinski definition) is 5. The summed E-state index contributed by atoms with van der Waals surface area (Å²) < 4.78 is 47.3. The zero-order valence-electron chi connectivity index (χ0n) is 15.3. The second-order valence-corrected chi connectivity index (χ2v) is 6.56. The topological polar surface area (TPSA) is 76.6 Å². The summed E-state index contributed by atoms with van der Waals surface area (Å²) in [6, 6.07) is 10.3. The second-order valence-electron chi connectivity index (χ2n) is 6.56. The van der Waals surface area contributed by atoms with Crippen LogP contribution in [0.15, 0.2) is 42.6 Å². The van der Waals surface area contributed by atoms with Crippen LogP contribution in [-0.2, 0) is 18.8 Å². The van der Waals surface area contributed by atoms with E-state index in [1.165, 1.54) is 35.0 Å². The molecule has 0 atom stereocenters. The highest BCUT2D eigenvalue weighted by molar-refractivity contribution is 5.61. The second kappa shape index (κ2) is 6.96. The number of benzene rings is 1. The Morgan fingerprint density at radius 2 is 1.79 bits per heavy atom. The van der Waals surface area contributed by atoms with Gasteiger partial charge in [0.2, 0.25) is 5.88 Å². The summed E-state index contributed by atoms with van der Waals surface area (Å²) in [6.07, 6.45) is -3.14. The first kappa shape index (κ1) is 19.4. The summed E-state index contributed by atoms with van der Waals surface area (Å²) in [6.45, 7) is 3.41. The maximum atomic E-state index is 13.3. The highest BCUT2D eigenvalue weighted by Crippen LogP contribution is 2.37. The molecule has 0 amide bonds. The number of pyridine rings is 1. The molecule has 0 unspecified atom stereocenters. The summed E-state index contributed by atoms with van der Waals surface area (Å²) in [5.74, 6) is 0.655. The van der Waals surface area contributed by atoms with Crippen LogP contribution in [0.3, 0.4) is 0 Å². The Kier molecular flexibility index (Phi) is 4.81. The lowest BCUT2D eigenvalue weighted by molar-refractivity contribution is -0.137. The lowest BCUT2D eigenvalue weighted by Crippen LogP contribution is -2.29. The van der Waals surface area contributed by atoms with Crippen molar-refractivity contribution in [2.24, 2.45) is 7.05 Å². The van der Waals surface area contributed by atoms with Crippen LogP contribution in [0.4, 0.5) is 13.2 Å². The van der Waals surface area contributed by atoms with Crippen molar-refractivity contribution in [2.75, 3.05) is 0 Å². The Bertz CT molecular complexity index is 1030. The summed E-state index contributed by atoms with van der Waals surface area (Å²) >= 11 is 0. The average Bonchev–Trinajstić information content (AvgIpc) is 3.03. The summed E-state index contributed by atoms with van der Waals surface area (Å²) in [4.78, 5) is 4.05. The minimum absolute atomic E-state index is 0.0662. The third kappa shape index (κ3) is 3.67. The number of alkyl halides is 3. The number of nitriles is 1. The summed E-state index contributed by atoms with van der Waals surface area (Å²) in [7, 11) is 1.58. The largest absolute Gasteiger partial charge is 0.463 e. The van der Waals surface area contributed by atoms with Crippen LogP contribution in [0, 0.1) is 11.3 Å². The van der Waals surface area contributed by atoms with Crippen molar-refractivity contribution < 1.29 is 17.9 Å². The Labute approximate surface area is 159 Å². The van der Waals surface area contributed by atoms with Gasteiger partial charge in [-0.1, -0.05) is 18.2 Å². The van der Waals surface area contributed by atoms with E-state index in [2.05, 4.69) is 15.2 Å². The smallest absolute Gasteiger partial charge is 0.417 e. The van der Waals surface area contributed by atoms with Crippen LogP contribution >= 0.6 is 0 Å². The molecule has 0 aliphatic rings. The Balaban J connectivity index is 1.98. The minimum Gasteiger partial charge on any atom is -0.463 e. The van der Waals surface area contributed by atoms with Crippen molar-refractivity contribution in [3.05, 3.63) is 59.5 Å². The summed E-state index contributed by atoms with van der Waals surface area (Å²) in [5.41, 5.74) is -1.50. The van der Waals surface area contributed by atoms with Crippen molar-refractivity contribution in [2.45, 2.75) is 25.6 Å². The van der Waals surface area contributed by atoms with E-state index in [9.17, 15) is 13.2 Å². The van der Waals surface area contributed by atoms with Gasteiger partial charge in [-0.3, -0.25) is 0 Å². The van der Waals surface area contributed by atoms with Crippen molar-refractivity contribution in [1.82, 2.24) is 19.7 Å². The molecule has 3 rings (SSSR count).